The zero-order chi connectivity index (χ0) is 22.4. The van der Waals surface area contributed by atoms with E-state index in [0.717, 1.165) is 0 Å². The second kappa shape index (κ2) is 9.69. The summed E-state index contributed by atoms with van der Waals surface area (Å²) < 4.78 is 46.1. The third kappa shape index (κ3) is 6.35. The maximum atomic E-state index is 13.0. The topological polar surface area (TPSA) is 71.1 Å². The number of ether oxygens (including phenoxy) is 2. The van der Waals surface area contributed by atoms with Crippen LogP contribution < -0.4 is 15.0 Å². The minimum atomic E-state index is -4.78. The fraction of sp³-hybridized carbons (Fsp3) is 0.333. The number of hydrogen-bond acceptors (Lipinski definition) is 4. The number of alkyl halides is 3. The van der Waals surface area contributed by atoms with Gasteiger partial charge in [-0.15, -0.1) is 13.2 Å². The van der Waals surface area contributed by atoms with E-state index in [-0.39, 0.29) is 30.8 Å². The van der Waals surface area contributed by atoms with Gasteiger partial charge in [-0.05, 0) is 42.3 Å². The van der Waals surface area contributed by atoms with Crippen LogP contribution in [-0.4, -0.2) is 50.0 Å². The van der Waals surface area contributed by atoms with Crippen LogP contribution in [0.4, 0.5) is 29.3 Å². The lowest BCUT2D eigenvalue weighted by atomic mass is 10.1. The molecule has 10 heteroatoms. The van der Waals surface area contributed by atoms with Gasteiger partial charge < -0.3 is 19.7 Å². The number of carbonyl (C=O) groups excluding carboxylic acids is 2. The molecule has 0 unspecified atom stereocenters. The average molecular weight is 437 g/mol. The highest BCUT2D eigenvalue weighted by Crippen LogP contribution is 2.26. The number of anilines is 2. The minimum absolute atomic E-state index is 0.0855. The van der Waals surface area contributed by atoms with E-state index in [2.05, 4.69) is 10.1 Å². The largest absolute Gasteiger partial charge is 0.573 e. The van der Waals surface area contributed by atoms with E-state index in [0.29, 0.717) is 36.4 Å². The number of hydrogen-bond donors (Lipinski definition) is 1. The van der Waals surface area contributed by atoms with Gasteiger partial charge in [-0.1, -0.05) is 18.2 Å². The van der Waals surface area contributed by atoms with Crippen molar-refractivity contribution in [1.82, 2.24) is 4.90 Å². The molecule has 1 saturated heterocycles. The Balaban J connectivity index is 1.71. The molecule has 0 spiro atoms. The summed E-state index contributed by atoms with van der Waals surface area (Å²) >= 11 is 0. The van der Waals surface area contributed by atoms with Crippen LogP contribution in [0, 0.1) is 0 Å². The molecule has 1 N–H and O–H groups in total. The lowest BCUT2D eigenvalue weighted by molar-refractivity contribution is -0.274. The van der Waals surface area contributed by atoms with Crippen molar-refractivity contribution < 1.29 is 32.2 Å². The van der Waals surface area contributed by atoms with Gasteiger partial charge in [0.2, 0.25) is 5.91 Å². The van der Waals surface area contributed by atoms with Crippen molar-refractivity contribution in [3.8, 4) is 5.75 Å². The summed E-state index contributed by atoms with van der Waals surface area (Å²) in [4.78, 5) is 27.9. The SMILES string of the molecule is COCC(=O)Nc1cccc(N2CCCN(Cc3cccc(OC(F)(F)F)c3)C2=O)c1. The summed E-state index contributed by atoms with van der Waals surface area (Å²) in [5.74, 6) is -0.641. The number of methoxy groups -OCH3 is 1. The normalized spacial score (nSPS) is 14.5. The monoisotopic (exact) mass is 437 g/mol. The van der Waals surface area contributed by atoms with Crippen LogP contribution in [0.3, 0.4) is 0 Å². The average Bonchev–Trinajstić information content (AvgIpc) is 2.69. The van der Waals surface area contributed by atoms with Crippen molar-refractivity contribution in [3.63, 3.8) is 0 Å². The van der Waals surface area contributed by atoms with Gasteiger partial charge in [0.25, 0.3) is 0 Å². The first kappa shape index (κ1) is 22.4. The first-order valence-corrected chi connectivity index (χ1v) is 9.55. The van der Waals surface area contributed by atoms with E-state index < -0.39 is 6.36 Å². The zero-order valence-corrected chi connectivity index (χ0v) is 16.8. The molecule has 166 valence electrons. The number of rotatable bonds is 7. The van der Waals surface area contributed by atoms with Crippen molar-refractivity contribution in [2.24, 2.45) is 0 Å². The third-order valence-corrected chi connectivity index (χ3v) is 4.53. The highest BCUT2D eigenvalue weighted by molar-refractivity contribution is 5.95. The Hall–Kier alpha value is -3.27. The lowest BCUT2D eigenvalue weighted by Crippen LogP contribution is -2.49. The summed E-state index contributed by atoms with van der Waals surface area (Å²) in [7, 11) is 1.42. The van der Waals surface area contributed by atoms with Crippen molar-refractivity contribution in [2.75, 3.05) is 37.0 Å². The van der Waals surface area contributed by atoms with Crippen LogP contribution in [0.25, 0.3) is 0 Å². The molecule has 0 saturated carbocycles. The molecule has 1 fully saturated rings. The molecule has 0 atom stereocenters. The van der Waals surface area contributed by atoms with E-state index in [1.165, 1.54) is 25.3 Å². The van der Waals surface area contributed by atoms with E-state index >= 15 is 0 Å². The van der Waals surface area contributed by atoms with Gasteiger partial charge in [0.1, 0.15) is 12.4 Å². The molecule has 3 rings (SSSR count). The summed E-state index contributed by atoms with van der Waals surface area (Å²) in [6.07, 6.45) is -4.09. The zero-order valence-electron chi connectivity index (χ0n) is 16.8. The van der Waals surface area contributed by atoms with E-state index in [1.807, 2.05) is 0 Å². The van der Waals surface area contributed by atoms with Crippen LogP contribution >= 0.6 is 0 Å². The molecule has 1 heterocycles. The molecule has 1 aliphatic rings. The second-order valence-corrected chi connectivity index (χ2v) is 6.94. The Bertz CT molecular complexity index is 936. The molecule has 3 amide bonds. The maximum absolute atomic E-state index is 13.0. The van der Waals surface area contributed by atoms with Gasteiger partial charge in [0.05, 0.1) is 0 Å². The minimum Gasteiger partial charge on any atom is -0.406 e. The number of benzene rings is 2. The van der Waals surface area contributed by atoms with Crippen LogP contribution in [0.5, 0.6) is 5.75 Å². The molecule has 0 radical (unpaired) electrons. The van der Waals surface area contributed by atoms with E-state index in [4.69, 9.17) is 4.74 Å². The lowest BCUT2D eigenvalue weighted by Gasteiger charge is -2.36. The second-order valence-electron chi connectivity index (χ2n) is 6.94. The van der Waals surface area contributed by atoms with Gasteiger partial charge in [-0.3, -0.25) is 9.69 Å². The van der Waals surface area contributed by atoms with E-state index in [9.17, 15) is 22.8 Å². The standard InChI is InChI=1S/C21H22F3N3O4/c1-30-14-19(28)25-16-6-3-7-17(12-16)27-10-4-9-26(20(27)29)13-15-5-2-8-18(11-15)31-21(22,23)24/h2-3,5-8,11-12H,4,9-10,13-14H2,1H3,(H,25,28). The first-order valence-electron chi connectivity index (χ1n) is 9.55. The smallest absolute Gasteiger partial charge is 0.406 e. The van der Waals surface area contributed by atoms with Gasteiger partial charge >= 0.3 is 12.4 Å². The van der Waals surface area contributed by atoms with Gasteiger partial charge in [-0.25, -0.2) is 4.79 Å². The number of carbonyl (C=O) groups is 2. The van der Waals surface area contributed by atoms with Crippen molar-refractivity contribution in [1.29, 1.82) is 0 Å². The molecule has 2 aromatic rings. The molecule has 0 bridgehead atoms. The molecule has 1 aliphatic heterocycles. The van der Waals surface area contributed by atoms with Crippen molar-refractivity contribution in [2.45, 2.75) is 19.3 Å². The molecule has 31 heavy (non-hydrogen) atoms. The van der Waals surface area contributed by atoms with Crippen LogP contribution in [0.1, 0.15) is 12.0 Å². The number of halogens is 3. The highest BCUT2D eigenvalue weighted by Gasteiger charge is 2.31. The van der Waals surface area contributed by atoms with E-state index in [1.54, 1.807) is 40.1 Å². The maximum Gasteiger partial charge on any atom is 0.573 e. The summed E-state index contributed by atoms with van der Waals surface area (Å²) in [5.41, 5.74) is 1.66. The van der Waals surface area contributed by atoms with Crippen molar-refractivity contribution >= 4 is 23.3 Å². The van der Waals surface area contributed by atoms with Crippen LogP contribution in [-0.2, 0) is 16.1 Å². The quantitative estimate of drug-likeness (QED) is 0.711. The molecule has 2 aromatic carbocycles. The Morgan fingerprint density at radius 3 is 2.65 bits per heavy atom. The van der Waals surface area contributed by atoms with Crippen molar-refractivity contribution in [3.05, 3.63) is 54.1 Å². The van der Waals surface area contributed by atoms with Gasteiger partial charge in [-0.2, -0.15) is 0 Å². The molecular formula is C21H22F3N3O4. The van der Waals surface area contributed by atoms with Gasteiger partial charge in [0.15, 0.2) is 0 Å². The predicted molar refractivity (Wildman–Crippen MR) is 108 cm³/mol. The number of nitrogens with one attached hydrogen (secondary N) is 1. The molecule has 7 nitrogen and oxygen atoms in total. The Morgan fingerprint density at radius 1 is 1.13 bits per heavy atom. The number of amides is 3. The predicted octanol–water partition coefficient (Wildman–Crippen LogP) is 4.00. The highest BCUT2D eigenvalue weighted by atomic mass is 19.4. The molecule has 0 aliphatic carbocycles. The number of urea groups is 1. The van der Waals surface area contributed by atoms with Crippen LogP contribution in [0.2, 0.25) is 0 Å². The van der Waals surface area contributed by atoms with Crippen LogP contribution in [0.15, 0.2) is 48.5 Å². The number of nitrogens with zero attached hydrogens (tertiary/aromatic N) is 2. The Kier molecular flexibility index (Phi) is 7.01. The summed E-state index contributed by atoms with van der Waals surface area (Å²) in [6, 6.07) is 12.2. The Labute approximate surface area is 177 Å². The first-order chi connectivity index (χ1) is 14.7. The fourth-order valence-electron chi connectivity index (χ4n) is 3.31. The summed E-state index contributed by atoms with van der Waals surface area (Å²) in [6.45, 7) is 1.03. The summed E-state index contributed by atoms with van der Waals surface area (Å²) in [5, 5.41) is 2.69. The Morgan fingerprint density at radius 2 is 1.90 bits per heavy atom. The third-order valence-electron chi connectivity index (χ3n) is 4.53. The van der Waals surface area contributed by atoms with Gasteiger partial charge in [0, 0.05) is 38.1 Å². The molecular weight excluding hydrogens is 415 g/mol. The fourth-order valence-corrected chi connectivity index (χ4v) is 3.31. The molecule has 0 aromatic heterocycles.